The molecule has 0 aromatic heterocycles. The van der Waals surface area contributed by atoms with Crippen molar-refractivity contribution >= 4 is 27.7 Å². The number of carbonyl (C=O) groups is 2. The molecular formula is C22H22BrF3N2O3. The predicted octanol–water partition coefficient (Wildman–Crippen LogP) is 4.17. The van der Waals surface area contributed by atoms with Gasteiger partial charge in [-0.05, 0) is 48.7 Å². The van der Waals surface area contributed by atoms with Crippen molar-refractivity contribution in [3.63, 3.8) is 0 Å². The maximum absolute atomic E-state index is 13.1. The first-order valence-corrected chi connectivity index (χ1v) is 10.6. The van der Waals surface area contributed by atoms with Crippen LogP contribution in [0, 0.1) is 5.92 Å². The van der Waals surface area contributed by atoms with Crippen LogP contribution in [0.5, 0.6) is 0 Å². The van der Waals surface area contributed by atoms with Crippen LogP contribution in [0.15, 0.2) is 53.0 Å². The number of benzene rings is 2. The molecule has 1 unspecified atom stereocenters. The van der Waals surface area contributed by atoms with E-state index in [-0.39, 0.29) is 29.8 Å². The highest BCUT2D eigenvalue weighted by molar-refractivity contribution is 9.10. The van der Waals surface area contributed by atoms with Crippen LogP contribution >= 0.6 is 15.9 Å². The average molecular weight is 499 g/mol. The predicted molar refractivity (Wildman–Crippen MR) is 112 cm³/mol. The summed E-state index contributed by atoms with van der Waals surface area (Å²) in [6.45, 7) is 0.503. The number of aliphatic hydroxyl groups is 1. The molecule has 0 spiro atoms. The van der Waals surface area contributed by atoms with Gasteiger partial charge in [-0.1, -0.05) is 34.1 Å². The van der Waals surface area contributed by atoms with E-state index < -0.39 is 17.8 Å². The van der Waals surface area contributed by atoms with Crippen molar-refractivity contribution in [2.24, 2.45) is 5.92 Å². The van der Waals surface area contributed by atoms with Gasteiger partial charge >= 0.3 is 6.18 Å². The minimum Gasteiger partial charge on any atom is -0.387 e. The number of halogens is 4. The Bertz CT molecular complexity index is 926. The SMILES string of the molecule is O=C(NCC(O)c1ccccc1C(F)(F)F)C1CCN(C(=O)c2ccc(Br)cc2)CC1. The second-order valence-electron chi connectivity index (χ2n) is 7.42. The normalized spacial score (nSPS) is 16.1. The monoisotopic (exact) mass is 498 g/mol. The number of alkyl halides is 3. The third kappa shape index (κ3) is 5.86. The summed E-state index contributed by atoms with van der Waals surface area (Å²) in [4.78, 5) is 26.7. The van der Waals surface area contributed by atoms with E-state index in [1.807, 2.05) is 0 Å². The molecule has 3 rings (SSSR count). The van der Waals surface area contributed by atoms with E-state index in [1.165, 1.54) is 18.2 Å². The van der Waals surface area contributed by atoms with Crippen LogP contribution in [-0.4, -0.2) is 41.5 Å². The summed E-state index contributed by atoms with van der Waals surface area (Å²) >= 11 is 3.32. The zero-order valence-corrected chi connectivity index (χ0v) is 18.1. The lowest BCUT2D eigenvalue weighted by atomic mass is 9.95. The number of likely N-dealkylation sites (tertiary alicyclic amines) is 1. The number of nitrogens with zero attached hydrogens (tertiary/aromatic N) is 1. The molecule has 0 aliphatic carbocycles. The minimum atomic E-state index is -4.59. The molecule has 0 radical (unpaired) electrons. The Morgan fingerprint density at radius 2 is 1.71 bits per heavy atom. The van der Waals surface area contributed by atoms with E-state index in [9.17, 15) is 27.9 Å². The fourth-order valence-electron chi connectivity index (χ4n) is 3.62. The quantitative estimate of drug-likeness (QED) is 0.649. The smallest absolute Gasteiger partial charge is 0.387 e. The van der Waals surface area contributed by atoms with Gasteiger partial charge < -0.3 is 15.3 Å². The molecule has 9 heteroatoms. The number of nitrogens with one attached hydrogen (secondary N) is 1. The number of amides is 2. The second-order valence-corrected chi connectivity index (χ2v) is 8.34. The molecule has 5 nitrogen and oxygen atoms in total. The highest BCUT2D eigenvalue weighted by atomic mass is 79.9. The van der Waals surface area contributed by atoms with E-state index in [4.69, 9.17) is 0 Å². The van der Waals surface area contributed by atoms with Crippen molar-refractivity contribution in [1.29, 1.82) is 0 Å². The highest BCUT2D eigenvalue weighted by Gasteiger charge is 2.35. The van der Waals surface area contributed by atoms with Crippen LogP contribution in [0.1, 0.15) is 40.4 Å². The molecule has 1 fully saturated rings. The molecule has 2 aromatic rings. The lowest BCUT2D eigenvalue weighted by Gasteiger charge is -2.31. The Balaban J connectivity index is 1.52. The van der Waals surface area contributed by atoms with E-state index in [0.29, 0.717) is 31.5 Å². The van der Waals surface area contributed by atoms with Gasteiger partial charge in [-0.25, -0.2) is 0 Å². The standard InChI is InChI=1S/C22H22BrF3N2O3/c23-16-7-5-15(6-8-16)21(31)28-11-9-14(10-12-28)20(30)27-13-19(29)17-3-1-2-4-18(17)22(24,25)26/h1-8,14,19,29H,9-13H2,(H,27,30). The summed E-state index contributed by atoms with van der Waals surface area (Å²) in [5.41, 5.74) is -0.626. The van der Waals surface area contributed by atoms with Crippen molar-refractivity contribution in [3.05, 3.63) is 69.7 Å². The largest absolute Gasteiger partial charge is 0.416 e. The molecule has 1 aliphatic heterocycles. The zero-order valence-electron chi connectivity index (χ0n) is 16.5. The molecular weight excluding hydrogens is 477 g/mol. The van der Waals surface area contributed by atoms with Crippen LogP contribution < -0.4 is 5.32 Å². The van der Waals surface area contributed by atoms with Gasteiger partial charge in [0.2, 0.25) is 5.91 Å². The average Bonchev–Trinajstić information content (AvgIpc) is 2.77. The van der Waals surface area contributed by atoms with Gasteiger partial charge in [0.1, 0.15) is 0 Å². The molecule has 31 heavy (non-hydrogen) atoms. The topological polar surface area (TPSA) is 69.6 Å². The van der Waals surface area contributed by atoms with Crippen LogP contribution in [0.4, 0.5) is 13.2 Å². The second kappa shape index (κ2) is 9.82. The molecule has 1 aliphatic rings. The molecule has 2 aromatic carbocycles. The summed E-state index contributed by atoms with van der Waals surface area (Å²) < 4.78 is 40.2. The number of hydrogen-bond acceptors (Lipinski definition) is 3. The summed E-state index contributed by atoms with van der Waals surface area (Å²) in [6.07, 6.45) is -5.16. The van der Waals surface area contributed by atoms with E-state index in [2.05, 4.69) is 21.2 Å². The molecule has 2 N–H and O–H groups in total. The Morgan fingerprint density at radius 1 is 1.10 bits per heavy atom. The fourth-order valence-corrected chi connectivity index (χ4v) is 3.88. The molecule has 0 bridgehead atoms. The summed E-state index contributed by atoms with van der Waals surface area (Å²) in [5, 5.41) is 12.7. The first-order valence-electron chi connectivity index (χ1n) is 9.83. The summed E-state index contributed by atoms with van der Waals surface area (Å²) in [7, 11) is 0. The zero-order chi connectivity index (χ0) is 22.6. The van der Waals surface area contributed by atoms with Gasteiger partial charge in [0, 0.05) is 35.6 Å². The number of aliphatic hydroxyl groups excluding tert-OH is 1. The third-order valence-electron chi connectivity index (χ3n) is 5.34. The Hall–Kier alpha value is -2.39. The first-order chi connectivity index (χ1) is 14.7. The lowest BCUT2D eigenvalue weighted by Crippen LogP contribution is -2.43. The van der Waals surface area contributed by atoms with Crippen molar-refractivity contribution < 1.29 is 27.9 Å². The van der Waals surface area contributed by atoms with Crippen molar-refractivity contribution in [2.45, 2.75) is 25.1 Å². The van der Waals surface area contributed by atoms with Gasteiger partial charge in [0.05, 0.1) is 11.7 Å². The molecule has 0 saturated carbocycles. The van der Waals surface area contributed by atoms with Crippen LogP contribution in [0.25, 0.3) is 0 Å². The maximum atomic E-state index is 13.1. The first kappa shape index (κ1) is 23.3. The number of rotatable bonds is 5. The summed E-state index contributed by atoms with van der Waals surface area (Å²) in [6, 6.07) is 11.8. The van der Waals surface area contributed by atoms with Crippen molar-refractivity contribution in [1.82, 2.24) is 10.2 Å². The van der Waals surface area contributed by atoms with Crippen molar-refractivity contribution in [3.8, 4) is 0 Å². The minimum absolute atomic E-state index is 0.106. The van der Waals surface area contributed by atoms with Gasteiger partial charge in [-0.2, -0.15) is 13.2 Å². The van der Waals surface area contributed by atoms with E-state index >= 15 is 0 Å². The Morgan fingerprint density at radius 3 is 2.32 bits per heavy atom. The number of hydrogen-bond donors (Lipinski definition) is 2. The van der Waals surface area contributed by atoms with Crippen LogP contribution in [0.2, 0.25) is 0 Å². The van der Waals surface area contributed by atoms with Crippen molar-refractivity contribution in [2.75, 3.05) is 19.6 Å². The van der Waals surface area contributed by atoms with Crippen LogP contribution in [-0.2, 0) is 11.0 Å². The van der Waals surface area contributed by atoms with Gasteiger partial charge in [0.25, 0.3) is 5.91 Å². The summed E-state index contributed by atoms with van der Waals surface area (Å²) in [5.74, 6) is -0.802. The molecule has 1 saturated heterocycles. The Labute approximate surface area is 186 Å². The van der Waals surface area contributed by atoms with Crippen LogP contribution in [0.3, 0.4) is 0 Å². The maximum Gasteiger partial charge on any atom is 0.416 e. The van der Waals surface area contributed by atoms with E-state index in [1.54, 1.807) is 29.2 Å². The Kier molecular flexibility index (Phi) is 7.38. The number of piperidine rings is 1. The molecule has 2 amide bonds. The van der Waals surface area contributed by atoms with E-state index in [0.717, 1.165) is 10.5 Å². The molecule has 1 heterocycles. The van der Waals surface area contributed by atoms with Gasteiger partial charge in [0.15, 0.2) is 0 Å². The third-order valence-corrected chi connectivity index (χ3v) is 5.87. The molecule has 166 valence electrons. The highest BCUT2D eigenvalue weighted by Crippen LogP contribution is 2.34. The molecule has 1 atom stereocenters. The fraction of sp³-hybridized carbons (Fsp3) is 0.364. The lowest BCUT2D eigenvalue weighted by molar-refractivity contribution is -0.139. The van der Waals surface area contributed by atoms with Gasteiger partial charge in [-0.3, -0.25) is 9.59 Å². The van der Waals surface area contributed by atoms with Gasteiger partial charge in [-0.15, -0.1) is 0 Å². The number of carbonyl (C=O) groups excluding carboxylic acids is 2.